The molecule has 0 amide bonds. The molecule has 1 aromatic rings. The molecule has 0 unspecified atom stereocenters. The van der Waals surface area contributed by atoms with Gasteiger partial charge in [0, 0.05) is 7.11 Å². The molecule has 0 spiro atoms. The van der Waals surface area contributed by atoms with Gasteiger partial charge in [0.1, 0.15) is 5.75 Å². The summed E-state index contributed by atoms with van der Waals surface area (Å²) in [5.41, 5.74) is 4.63. The summed E-state index contributed by atoms with van der Waals surface area (Å²) in [6.45, 7) is 9.38. The minimum absolute atomic E-state index is 0.269. The van der Waals surface area contributed by atoms with Gasteiger partial charge in [-0.1, -0.05) is 39.8 Å². The van der Waals surface area contributed by atoms with Gasteiger partial charge in [-0.3, -0.25) is 0 Å². The number of rotatable bonds is 3. The van der Waals surface area contributed by atoms with E-state index >= 15 is 0 Å². The quantitative estimate of drug-likeness (QED) is 0.774. The van der Waals surface area contributed by atoms with Gasteiger partial charge in [-0.2, -0.15) is 0 Å². The van der Waals surface area contributed by atoms with Gasteiger partial charge in [-0.25, -0.2) is 0 Å². The third-order valence-electron chi connectivity index (χ3n) is 6.73. The summed E-state index contributed by atoms with van der Waals surface area (Å²) in [6.07, 6.45) is 5.20. The van der Waals surface area contributed by atoms with E-state index in [1.807, 2.05) is 14.2 Å². The molecule has 0 aliphatic heterocycles. The van der Waals surface area contributed by atoms with Crippen LogP contribution in [0.25, 0.3) is 0 Å². The van der Waals surface area contributed by atoms with E-state index in [1.54, 1.807) is 0 Å². The molecule has 128 valence electrons. The van der Waals surface area contributed by atoms with E-state index in [4.69, 9.17) is 9.47 Å². The van der Waals surface area contributed by atoms with Crippen molar-refractivity contribution in [3.63, 3.8) is 0 Å². The van der Waals surface area contributed by atoms with E-state index in [2.05, 4.69) is 39.8 Å². The molecule has 4 atom stereocenters. The average Bonchev–Trinajstić information content (AvgIpc) is 2.53. The maximum atomic E-state index is 5.87. The maximum Gasteiger partial charge on any atom is 0.125 e. The molecule has 0 saturated heterocycles. The predicted molar refractivity (Wildman–Crippen MR) is 95.4 cm³/mol. The Kier molecular flexibility index (Phi) is 4.48. The van der Waals surface area contributed by atoms with Crippen molar-refractivity contribution in [2.24, 2.45) is 11.8 Å². The molecule has 2 nitrogen and oxygen atoms in total. The summed E-state index contributed by atoms with van der Waals surface area (Å²) in [5.74, 6) is 2.99. The van der Waals surface area contributed by atoms with Gasteiger partial charge in [-0.05, 0) is 65.5 Å². The van der Waals surface area contributed by atoms with Crippen LogP contribution in [0.1, 0.15) is 69.6 Å². The normalized spacial score (nSPS) is 33.3. The molecular weight excluding hydrogens is 284 g/mol. The summed E-state index contributed by atoms with van der Waals surface area (Å²) >= 11 is 0. The highest BCUT2D eigenvalue weighted by atomic mass is 16.5. The third kappa shape index (κ3) is 2.50. The first-order valence-corrected chi connectivity index (χ1v) is 9.17. The first-order chi connectivity index (χ1) is 10.9. The molecule has 0 N–H and O–H groups in total. The van der Waals surface area contributed by atoms with E-state index in [0.717, 1.165) is 12.2 Å². The molecule has 0 heterocycles. The van der Waals surface area contributed by atoms with Crippen molar-refractivity contribution in [1.82, 2.24) is 0 Å². The largest absolute Gasteiger partial charge is 0.496 e. The zero-order valence-electron chi connectivity index (χ0n) is 15.6. The predicted octanol–water partition coefficient (Wildman–Crippen LogP) is 5.08. The van der Waals surface area contributed by atoms with Crippen molar-refractivity contribution in [3.05, 3.63) is 28.8 Å². The van der Waals surface area contributed by atoms with Crippen LogP contribution in [0.3, 0.4) is 0 Å². The lowest BCUT2D eigenvalue weighted by molar-refractivity contribution is -0.0341. The minimum atomic E-state index is 0.269. The van der Waals surface area contributed by atoms with Gasteiger partial charge in [0.25, 0.3) is 0 Å². The molecule has 1 aromatic carbocycles. The van der Waals surface area contributed by atoms with Crippen LogP contribution in [0.5, 0.6) is 5.75 Å². The van der Waals surface area contributed by atoms with Crippen molar-refractivity contribution >= 4 is 0 Å². The molecular formula is C21H32O2. The van der Waals surface area contributed by atoms with Crippen LogP contribution < -0.4 is 4.74 Å². The number of ether oxygens (including phenoxy) is 2. The van der Waals surface area contributed by atoms with Crippen molar-refractivity contribution in [2.75, 3.05) is 14.2 Å². The van der Waals surface area contributed by atoms with Crippen LogP contribution in [0.2, 0.25) is 0 Å². The molecule has 23 heavy (non-hydrogen) atoms. The Hall–Kier alpha value is -1.02. The highest BCUT2D eigenvalue weighted by Gasteiger charge is 2.48. The highest BCUT2D eigenvalue weighted by Crippen LogP contribution is 2.54. The third-order valence-corrected chi connectivity index (χ3v) is 6.73. The Morgan fingerprint density at radius 3 is 2.52 bits per heavy atom. The second-order valence-electron chi connectivity index (χ2n) is 8.10. The number of hydrogen-bond donors (Lipinski definition) is 0. The van der Waals surface area contributed by atoms with Crippen molar-refractivity contribution in [3.8, 4) is 5.75 Å². The number of hydrogen-bond acceptors (Lipinski definition) is 2. The van der Waals surface area contributed by atoms with Gasteiger partial charge in [0.05, 0.1) is 13.2 Å². The highest BCUT2D eigenvalue weighted by molar-refractivity contribution is 5.52. The van der Waals surface area contributed by atoms with E-state index in [9.17, 15) is 0 Å². The number of fused-ring (bicyclic) bond motifs is 3. The molecule has 0 aromatic heterocycles. The minimum Gasteiger partial charge on any atom is -0.496 e. The number of methoxy groups -OCH3 is 2. The zero-order chi connectivity index (χ0) is 16.8. The molecule has 2 aliphatic carbocycles. The second-order valence-corrected chi connectivity index (χ2v) is 8.10. The van der Waals surface area contributed by atoms with Gasteiger partial charge in [-0.15, -0.1) is 0 Å². The smallest absolute Gasteiger partial charge is 0.125 e. The Morgan fingerprint density at radius 2 is 1.91 bits per heavy atom. The summed E-state index contributed by atoms with van der Waals surface area (Å²) in [6, 6.07) is 4.71. The lowest BCUT2D eigenvalue weighted by Crippen LogP contribution is -2.48. The summed E-state index contributed by atoms with van der Waals surface area (Å²) in [4.78, 5) is 0. The fraction of sp³-hybridized carbons (Fsp3) is 0.714. The molecule has 1 saturated carbocycles. The van der Waals surface area contributed by atoms with Crippen LogP contribution >= 0.6 is 0 Å². The second kappa shape index (κ2) is 6.12. The molecule has 0 radical (unpaired) electrons. The number of benzene rings is 1. The van der Waals surface area contributed by atoms with Gasteiger partial charge in [0.2, 0.25) is 0 Å². The Morgan fingerprint density at radius 1 is 1.17 bits per heavy atom. The van der Waals surface area contributed by atoms with Crippen LogP contribution in [0, 0.1) is 11.8 Å². The van der Waals surface area contributed by atoms with Crippen LogP contribution in [-0.2, 0) is 16.6 Å². The van der Waals surface area contributed by atoms with E-state index in [-0.39, 0.29) is 5.41 Å². The summed E-state index contributed by atoms with van der Waals surface area (Å²) < 4.78 is 11.6. The fourth-order valence-electron chi connectivity index (χ4n) is 5.40. The maximum absolute atomic E-state index is 5.87. The van der Waals surface area contributed by atoms with Crippen molar-refractivity contribution in [1.29, 1.82) is 0 Å². The van der Waals surface area contributed by atoms with Crippen molar-refractivity contribution < 1.29 is 9.47 Å². The van der Waals surface area contributed by atoms with E-state index in [0.29, 0.717) is 23.9 Å². The van der Waals surface area contributed by atoms with Gasteiger partial charge >= 0.3 is 0 Å². The average molecular weight is 316 g/mol. The van der Waals surface area contributed by atoms with Gasteiger partial charge < -0.3 is 9.47 Å². The van der Waals surface area contributed by atoms with Crippen LogP contribution in [0.15, 0.2) is 12.1 Å². The Bertz CT molecular complexity index is 577. The fourth-order valence-corrected chi connectivity index (χ4v) is 5.40. The zero-order valence-corrected chi connectivity index (χ0v) is 15.6. The summed E-state index contributed by atoms with van der Waals surface area (Å²) in [7, 11) is 3.71. The lowest BCUT2D eigenvalue weighted by Gasteiger charge is -2.52. The molecule has 2 aliphatic rings. The van der Waals surface area contributed by atoms with E-state index in [1.165, 1.54) is 36.0 Å². The first-order valence-electron chi connectivity index (χ1n) is 9.17. The molecule has 2 heteroatoms. The Balaban J connectivity index is 2.08. The topological polar surface area (TPSA) is 18.5 Å². The lowest BCUT2D eigenvalue weighted by atomic mass is 9.54. The van der Waals surface area contributed by atoms with Crippen molar-refractivity contribution in [2.45, 2.75) is 70.8 Å². The Labute approximate surface area is 141 Å². The molecule has 3 rings (SSSR count). The van der Waals surface area contributed by atoms with Crippen LogP contribution in [-0.4, -0.2) is 20.3 Å². The molecule has 1 fully saturated rings. The standard InChI is InChI=1S/C21H32O2/c1-13(2)15-7-10-18-16(20(15)23-6)8-9-17-14(3)19(22-5)11-12-21(17,18)4/h7,10,13-14,17,19H,8-9,11-12H2,1-6H3/t14-,17-,19-,21-/m0/s1. The molecule has 0 bridgehead atoms. The van der Waals surface area contributed by atoms with Crippen LogP contribution in [0.4, 0.5) is 0 Å². The monoisotopic (exact) mass is 316 g/mol. The summed E-state index contributed by atoms with van der Waals surface area (Å²) in [5, 5.41) is 0. The first kappa shape index (κ1) is 16.8. The van der Waals surface area contributed by atoms with Gasteiger partial charge in [0.15, 0.2) is 0 Å². The SMILES string of the molecule is COc1c(C(C)C)ccc2c1CC[C@H]1[C@H](C)[C@@H](OC)CC[C@]21C. The van der Waals surface area contributed by atoms with E-state index < -0.39 is 0 Å².